The average molecular weight is 593 g/mol. The lowest BCUT2D eigenvalue weighted by molar-refractivity contribution is -0.138. The number of fused-ring (bicyclic) bond motifs is 1. The van der Waals surface area contributed by atoms with Crippen LogP contribution in [0.15, 0.2) is 71.6 Å². The molecule has 0 aliphatic heterocycles. The highest BCUT2D eigenvalue weighted by Gasteiger charge is 2.28. The molecule has 41 heavy (non-hydrogen) atoms. The van der Waals surface area contributed by atoms with E-state index in [1.807, 2.05) is 13.0 Å². The Labute approximate surface area is 246 Å². The van der Waals surface area contributed by atoms with Gasteiger partial charge >= 0.3 is 5.97 Å². The van der Waals surface area contributed by atoms with Crippen molar-refractivity contribution in [1.29, 1.82) is 0 Å². The van der Waals surface area contributed by atoms with Crippen molar-refractivity contribution >= 4 is 38.5 Å². The van der Waals surface area contributed by atoms with E-state index in [1.54, 1.807) is 19.1 Å². The second kappa shape index (κ2) is 12.8. The Morgan fingerprint density at radius 2 is 1.76 bits per heavy atom. The number of carboxylic acids is 1. The molecule has 7 nitrogen and oxygen atoms in total. The Morgan fingerprint density at radius 3 is 2.37 bits per heavy atom. The van der Waals surface area contributed by atoms with Crippen LogP contribution >= 0.6 is 11.6 Å². The minimum absolute atomic E-state index is 0.0621. The van der Waals surface area contributed by atoms with Gasteiger partial charge in [0.15, 0.2) is 0 Å². The summed E-state index contributed by atoms with van der Waals surface area (Å²) in [7, 11) is -4.14. The molecule has 1 aromatic heterocycles. The van der Waals surface area contributed by atoms with E-state index in [4.69, 9.17) is 16.3 Å². The molecule has 0 spiro atoms. The largest absolute Gasteiger partial charge is 0.481 e. The van der Waals surface area contributed by atoms with Crippen LogP contribution in [0.1, 0.15) is 49.1 Å². The van der Waals surface area contributed by atoms with Crippen molar-refractivity contribution in [2.75, 3.05) is 6.61 Å². The van der Waals surface area contributed by atoms with Crippen molar-refractivity contribution in [3.8, 4) is 17.6 Å². The van der Waals surface area contributed by atoms with Gasteiger partial charge < -0.3 is 14.4 Å². The molecular formula is C32H33ClN2O5S. The van der Waals surface area contributed by atoms with Crippen LogP contribution in [0.25, 0.3) is 10.9 Å². The van der Waals surface area contributed by atoms with E-state index in [2.05, 4.69) is 59.2 Å². The van der Waals surface area contributed by atoms with E-state index < -0.39 is 22.0 Å². The number of rotatable bonds is 11. The molecule has 0 fully saturated rings. The minimum Gasteiger partial charge on any atom is -0.481 e. The third-order valence-electron chi connectivity index (χ3n) is 7.03. The number of aromatic nitrogens is 1. The minimum atomic E-state index is -4.14. The van der Waals surface area contributed by atoms with Crippen LogP contribution in [0.2, 0.25) is 5.02 Å². The Morgan fingerprint density at radius 1 is 1.07 bits per heavy atom. The van der Waals surface area contributed by atoms with E-state index in [1.165, 1.54) is 29.8 Å². The van der Waals surface area contributed by atoms with Gasteiger partial charge in [0, 0.05) is 34.6 Å². The molecule has 0 bridgehead atoms. The van der Waals surface area contributed by atoms with Crippen LogP contribution in [-0.4, -0.2) is 36.7 Å². The van der Waals surface area contributed by atoms with Gasteiger partial charge in [-0.2, -0.15) is 4.72 Å². The SMILES string of the molecule is CC#CCOc1ccc(S(=O)(=O)NC(Cc2c(C)n(Cc3ccc(C(C)C)cc3)c3ccc(Cl)cc23)C(=O)O)cc1. The lowest BCUT2D eigenvalue weighted by Gasteiger charge is -2.16. The summed E-state index contributed by atoms with van der Waals surface area (Å²) < 4.78 is 36.3. The monoisotopic (exact) mass is 592 g/mol. The zero-order chi connectivity index (χ0) is 29.7. The second-order valence-corrected chi connectivity index (χ2v) is 12.3. The fraction of sp³-hybridized carbons (Fsp3) is 0.281. The molecule has 2 N–H and O–H groups in total. The van der Waals surface area contributed by atoms with Crippen molar-refractivity contribution in [2.24, 2.45) is 0 Å². The van der Waals surface area contributed by atoms with Gasteiger partial charge in [0.1, 0.15) is 18.4 Å². The summed E-state index contributed by atoms with van der Waals surface area (Å²) in [6.45, 7) is 8.67. The molecule has 0 amide bonds. The highest BCUT2D eigenvalue weighted by atomic mass is 35.5. The summed E-state index contributed by atoms with van der Waals surface area (Å²) in [6, 6.07) is 18.3. The van der Waals surface area contributed by atoms with Gasteiger partial charge in [0.2, 0.25) is 10.0 Å². The molecule has 9 heteroatoms. The summed E-state index contributed by atoms with van der Waals surface area (Å²) in [5, 5.41) is 11.3. The van der Waals surface area contributed by atoms with Gasteiger partial charge in [-0.25, -0.2) is 8.42 Å². The van der Waals surface area contributed by atoms with Crippen molar-refractivity contribution in [3.63, 3.8) is 0 Å². The van der Waals surface area contributed by atoms with E-state index in [0.717, 1.165) is 27.7 Å². The first kappa shape index (κ1) is 30.2. The number of benzene rings is 3. The molecule has 1 unspecified atom stereocenters. The number of sulfonamides is 1. The number of carbonyl (C=O) groups is 1. The molecule has 0 saturated carbocycles. The van der Waals surface area contributed by atoms with Crippen LogP contribution in [0, 0.1) is 18.8 Å². The fourth-order valence-corrected chi connectivity index (χ4v) is 6.08. The number of carboxylic acid groups (broad SMARTS) is 1. The number of ether oxygens (including phenoxy) is 1. The Hall–Kier alpha value is -3.77. The predicted octanol–water partition coefficient (Wildman–Crippen LogP) is 6.15. The molecule has 1 heterocycles. The third-order valence-corrected chi connectivity index (χ3v) is 8.75. The molecule has 214 valence electrons. The van der Waals surface area contributed by atoms with Crippen molar-refractivity contribution < 1.29 is 23.1 Å². The topological polar surface area (TPSA) is 97.6 Å². The summed E-state index contributed by atoms with van der Waals surface area (Å²) >= 11 is 6.34. The quantitative estimate of drug-likeness (QED) is 0.204. The number of nitrogens with zero attached hydrogens (tertiary/aromatic N) is 1. The van der Waals surface area contributed by atoms with Gasteiger partial charge in [-0.15, -0.1) is 5.92 Å². The van der Waals surface area contributed by atoms with Gasteiger partial charge in [-0.05, 0) is 78.9 Å². The first-order chi connectivity index (χ1) is 19.5. The highest BCUT2D eigenvalue weighted by molar-refractivity contribution is 7.89. The van der Waals surface area contributed by atoms with Crippen LogP contribution in [0.3, 0.4) is 0 Å². The number of aliphatic carboxylic acids is 1. The highest BCUT2D eigenvalue weighted by Crippen LogP contribution is 2.31. The number of hydrogen-bond donors (Lipinski definition) is 2. The van der Waals surface area contributed by atoms with E-state index in [-0.39, 0.29) is 17.9 Å². The zero-order valence-corrected chi connectivity index (χ0v) is 25.0. The standard InChI is InChI=1S/C32H33ClN2O5S/c1-5-6-17-40-26-12-14-27(15-13-26)41(38,39)34-30(32(36)37)19-28-22(4)35(31-16-11-25(33)18-29(28)31)20-23-7-9-24(10-8-23)21(2)3/h7-16,18,21,30,34H,17,19-20H2,1-4H3,(H,36,37). The Bertz CT molecular complexity index is 1710. The lowest BCUT2D eigenvalue weighted by atomic mass is 10.0. The van der Waals surface area contributed by atoms with Gasteiger partial charge in [0.05, 0.1) is 4.90 Å². The zero-order valence-electron chi connectivity index (χ0n) is 23.4. The number of hydrogen-bond acceptors (Lipinski definition) is 4. The van der Waals surface area contributed by atoms with Crippen LogP contribution in [0.4, 0.5) is 0 Å². The summed E-state index contributed by atoms with van der Waals surface area (Å²) in [5.74, 6) is 5.09. The first-order valence-electron chi connectivity index (χ1n) is 13.2. The van der Waals surface area contributed by atoms with E-state index in [0.29, 0.717) is 23.2 Å². The normalized spacial score (nSPS) is 12.2. The maximum atomic E-state index is 13.2. The molecule has 3 aromatic carbocycles. The van der Waals surface area contributed by atoms with Crippen molar-refractivity contribution in [2.45, 2.75) is 57.5 Å². The maximum absolute atomic E-state index is 13.2. The molecule has 0 aliphatic carbocycles. The molecule has 0 saturated heterocycles. The lowest BCUT2D eigenvalue weighted by Crippen LogP contribution is -2.42. The predicted molar refractivity (Wildman–Crippen MR) is 162 cm³/mol. The molecule has 1 atom stereocenters. The molecule has 4 aromatic rings. The molecule has 4 rings (SSSR count). The second-order valence-electron chi connectivity index (χ2n) is 10.1. The van der Waals surface area contributed by atoms with Crippen LogP contribution in [-0.2, 0) is 27.8 Å². The summed E-state index contributed by atoms with van der Waals surface area (Å²) in [6.07, 6.45) is -0.0621. The van der Waals surface area contributed by atoms with Crippen LogP contribution < -0.4 is 9.46 Å². The maximum Gasteiger partial charge on any atom is 0.322 e. The van der Waals surface area contributed by atoms with Crippen molar-refractivity contribution in [3.05, 3.63) is 94.1 Å². The third kappa shape index (κ3) is 7.12. The van der Waals surface area contributed by atoms with E-state index in [9.17, 15) is 18.3 Å². The summed E-state index contributed by atoms with van der Waals surface area (Å²) in [5.41, 5.74) is 4.81. The average Bonchev–Trinajstić information content (AvgIpc) is 3.18. The van der Waals surface area contributed by atoms with E-state index >= 15 is 0 Å². The molecular weight excluding hydrogens is 560 g/mol. The smallest absolute Gasteiger partial charge is 0.322 e. The Kier molecular flexibility index (Phi) is 9.44. The van der Waals surface area contributed by atoms with Crippen molar-refractivity contribution in [1.82, 2.24) is 9.29 Å². The number of halogens is 1. The fourth-order valence-electron chi connectivity index (χ4n) is 4.72. The molecule has 0 radical (unpaired) electrons. The van der Waals surface area contributed by atoms with Gasteiger partial charge in [-0.1, -0.05) is 55.6 Å². The number of nitrogens with one attached hydrogen (secondary N) is 1. The van der Waals surface area contributed by atoms with Crippen LogP contribution in [0.5, 0.6) is 5.75 Å². The van der Waals surface area contributed by atoms with Gasteiger partial charge in [-0.3, -0.25) is 4.79 Å². The summed E-state index contributed by atoms with van der Waals surface area (Å²) in [4.78, 5) is 12.3. The Balaban J connectivity index is 1.63. The molecule has 0 aliphatic rings. The first-order valence-corrected chi connectivity index (χ1v) is 15.1. The van der Waals surface area contributed by atoms with Gasteiger partial charge in [0.25, 0.3) is 0 Å².